The van der Waals surface area contributed by atoms with Gasteiger partial charge in [0.1, 0.15) is 0 Å². The Hall–Kier alpha value is -2.49. The van der Waals surface area contributed by atoms with E-state index < -0.39 is 0 Å². The van der Waals surface area contributed by atoms with E-state index in [-0.39, 0.29) is 12.3 Å². The number of rotatable bonds is 5. The van der Waals surface area contributed by atoms with Crippen LogP contribution in [0, 0.1) is 0 Å². The number of amides is 1. The van der Waals surface area contributed by atoms with E-state index >= 15 is 0 Å². The van der Waals surface area contributed by atoms with Gasteiger partial charge in [0.25, 0.3) is 0 Å². The summed E-state index contributed by atoms with van der Waals surface area (Å²) in [6.45, 7) is 0. The first-order valence-corrected chi connectivity index (χ1v) is 6.24. The minimum absolute atomic E-state index is 0.213. The van der Waals surface area contributed by atoms with E-state index in [4.69, 9.17) is 15.2 Å². The molecule has 0 unspecified atom stereocenters. The predicted octanol–water partition coefficient (Wildman–Crippen LogP) is 2.40. The van der Waals surface area contributed by atoms with Crippen LogP contribution in [0.25, 0.3) is 11.1 Å². The molecule has 0 radical (unpaired) electrons. The summed E-state index contributed by atoms with van der Waals surface area (Å²) in [7, 11) is 3.19. The molecular weight excluding hydrogens is 254 g/mol. The highest BCUT2D eigenvalue weighted by molar-refractivity contribution is 5.81. The summed E-state index contributed by atoms with van der Waals surface area (Å²) in [5.41, 5.74) is 8.11. The smallest absolute Gasteiger partial charge is 0.221 e. The lowest BCUT2D eigenvalue weighted by atomic mass is 9.97. The molecule has 0 bridgehead atoms. The Kier molecular flexibility index (Phi) is 4.25. The Morgan fingerprint density at radius 1 is 1.05 bits per heavy atom. The average molecular weight is 271 g/mol. The van der Waals surface area contributed by atoms with Crippen LogP contribution in [0.15, 0.2) is 42.5 Å². The zero-order chi connectivity index (χ0) is 14.5. The molecule has 0 aromatic heterocycles. The van der Waals surface area contributed by atoms with Crippen molar-refractivity contribution < 1.29 is 14.3 Å². The second kappa shape index (κ2) is 6.10. The van der Waals surface area contributed by atoms with Crippen LogP contribution in [0.3, 0.4) is 0 Å². The van der Waals surface area contributed by atoms with Gasteiger partial charge in [0.05, 0.1) is 20.6 Å². The van der Waals surface area contributed by atoms with Gasteiger partial charge in [-0.3, -0.25) is 4.79 Å². The third kappa shape index (κ3) is 2.91. The molecule has 0 fully saturated rings. The summed E-state index contributed by atoms with van der Waals surface area (Å²) in [5.74, 6) is 0.973. The fourth-order valence-corrected chi connectivity index (χ4v) is 2.15. The number of carbonyl (C=O) groups is 1. The maximum Gasteiger partial charge on any atom is 0.221 e. The molecule has 1 amide bonds. The van der Waals surface area contributed by atoms with E-state index in [2.05, 4.69) is 0 Å². The predicted molar refractivity (Wildman–Crippen MR) is 77.9 cm³/mol. The van der Waals surface area contributed by atoms with Crippen LogP contribution in [0.1, 0.15) is 5.56 Å². The van der Waals surface area contributed by atoms with Crippen molar-refractivity contribution in [3.63, 3.8) is 0 Å². The lowest BCUT2D eigenvalue weighted by Crippen LogP contribution is -2.14. The average Bonchev–Trinajstić information content (AvgIpc) is 2.46. The van der Waals surface area contributed by atoms with Crippen molar-refractivity contribution in [3.8, 4) is 22.6 Å². The molecule has 0 aliphatic heterocycles. The van der Waals surface area contributed by atoms with Crippen LogP contribution in [-0.4, -0.2) is 20.1 Å². The molecule has 20 heavy (non-hydrogen) atoms. The minimum atomic E-state index is -0.349. The monoisotopic (exact) mass is 271 g/mol. The van der Waals surface area contributed by atoms with Gasteiger partial charge in [-0.15, -0.1) is 0 Å². The number of benzene rings is 2. The summed E-state index contributed by atoms with van der Waals surface area (Å²) < 4.78 is 10.5. The molecule has 2 rings (SSSR count). The number of carbonyl (C=O) groups excluding carboxylic acids is 1. The van der Waals surface area contributed by atoms with Gasteiger partial charge in [-0.1, -0.05) is 30.3 Å². The fraction of sp³-hybridized carbons (Fsp3) is 0.188. The molecule has 104 valence electrons. The molecule has 0 saturated carbocycles. The Labute approximate surface area is 118 Å². The standard InChI is InChI=1S/C16H17NO3/c1-19-14-8-7-12(9-15(14)20-2)13-6-4-3-5-11(13)10-16(17)18/h3-9H,10H2,1-2H3,(H2,17,18). The summed E-state index contributed by atoms with van der Waals surface area (Å²) in [6.07, 6.45) is 0.213. The molecule has 2 aromatic rings. The Bertz CT molecular complexity index is 623. The van der Waals surface area contributed by atoms with Gasteiger partial charge in [-0.05, 0) is 28.8 Å². The highest BCUT2D eigenvalue weighted by Gasteiger charge is 2.10. The van der Waals surface area contributed by atoms with Gasteiger partial charge in [0.2, 0.25) is 5.91 Å². The third-order valence-electron chi connectivity index (χ3n) is 3.08. The first kappa shape index (κ1) is 13.9. The quantitative estimate of drug-likeness (QED) is 0.908. The molecule has 2 aromatic carbocycles. The minimum Gasteiger partial charge on any atom is -0.493 e. The summed E-state index contributed by atoms with van der Waals surface area (Å²) >= 11 is 0. The van der Waals surface area contributed by atoms with Crippen molar-refractivity contribution in [1.82, 2.24) is 0 Å². The normalized spacial score (nSPS) is 10.1. The molecule has 0 heterocycles. The van der Waals surface area contributed by atoms with Gasteiger partial charge in [0, 0.05) is 0 Å². The first-order chi connectivity index (χ1) is 9.65. The topological polar surface area (TPSA) is 61.5 Å². The zero-order valence-corrected chi connectivity index (χ0v) is 11.6. The maximum atomic E-state index is 11.2. The Morgan fingerprint density at radius 2 is 1.75 bits per heavy atom. The van der Waals surface area contributed by atoms with Crippen molar-refractivity contribution in [2.24, 2.45) is 5.73 Å². The molecular formula is C16H17NO3. The van der Waals surface area contributed by atoms with Crippen LogP contribution in [-0.2, 0) is 11.2 Å². The Morgan fingerprint density at radius 3 is 2.40 bits per heavy atom. The molecule has 0 saturated heterocycles. The number of nitrogens with two attached hydrogens (primary N) is 1. The molecule has 2 N–H and O–H groups in total. The zero-order valence-electron chi connectivity index (χ0n) is 11.6. The van der Waals surface area contributed by atoms with Crippen molar-refractivity contribution in [3.05, 3.63) is 48.0 Å². The van der Waals surface area contributed by atoms with Crippen LogP contribution >= 0.6 is 0 Å². The second-order valence-corrected chi connectivity index (χ2v) is 4.37. The van der Waals surface area contributed by atoms with Gasteiger partial charge in [0.15, 0.2) is 11.5 Å². The van der Waals surface area contributed by atoms with E-state index in [1.165, 1.54) is 0 Å². The highest BCUT2D eigenvalue weighted by Crippen LogP contribution is 2.33. The van der Waals surface area contributed by atoms with E-state index in [9.17, 15) is 4.79 Å². The van der Waals surface area contributed by atoms with Crippen LogP contribution < -0.4 is 15.2 Å². The molecule has 4 nitrogen and oxygen atoms in total. The van der Waals surface area contributed by atoms with Crippen molar-refractivity contribution in [2.75, 3.05) is 14.2 Å². The van der Waals surface area contributed by atoms with Crippen LogP contribution in [0.2, 0.25) is 0 Å². The number of hydrogen-bond acceptors (Lipinski definition) is 3. The van der Waals surface area contributed by atoms with Gasteiger partial charge in [-0.25, -0.2) is 0 Å². The molecule has 0 atom stereocenters. The van der Waals surface area contributed by atoms with Gasteiger partial charge >= 0.3 is 0 Å². The molecule has 0 aliphatic rings. The van der Waals surface area contributed by atoms with Gasteiger partial charge < -0.3 is 15.2 Å². The van der Waals surface area contributed by atoms with Crippen molar-refractivity contribution in [1.29, 1.82) is 0 Å². The summed E-state index contributed by atoms with van der Waals surface area (Å²) in [6, 6.07) is 13.3. The lowest BCUT2D eigenvalue weighted by Gasteiger charge is -2.12. The summed E-state index contributed by atoms with van der Waals surface area (Å²) in [5, 5.41) is 0. The Balaban J connectivity index is 2.48. The first-order valence-electron chi connectivity index (χ1n) is 6.24. The fourth-order valence-electron chi connectivity index (χ4n) is 2.15. The molecule has 0 spiro atoms. The highest BCUT2D eigenvalue weighted by atomic mass is 16.5. The number of methoxy groups -OCH3 is 2. The van der Waals surface area contributed by atoms with E-state index in [0.717, 1.165) is 16.7 Å². The summed E-state index contributed by atoms with van der Waals surface area (Å²) in [4.78, 5) is 11.2. The van der Waals surface area contributed by atoms with E-state index in [1.54, 1.807) is 14.2 Å². The van der Waals surface area contributed by atoms with Crippen molar-refractivity contribution >= 4 is 5.91 Å². The van der Waals surface area contributed by atoms with Crippen molar-refractivity contribution in [2.45, 2.75) is 6.42 Å². The largest absolute Gasteiger partial charge is 0.493 e. The number of ether oxygens (including phenoxy) is 2. The van der Waals surface area contributed by atoms with Gasteiger partial charge in [-0.2, -0.15) is 0 Å². The lowest BCUT2D eigenvalue weighted by molar-refractivity contribution is -0.117. The second-order valence-electron chi connectivity index (χ2n) is 4.37. The van der Waals surface area contributed by atoms with E-state index in [1.807, 2.05) is 42.5 Å². The SMILES string of the molecule is COc1ccc(-c2ccccc2CC(N)=O)cc1OC. The van der Waals surface area contributed by atoms with E-state index in [0.29, 0.717) is 11.5 Å². The van der Waals surface area contributed by atoms with Crippen LogP contribution in [0.5, 0.6) is 11.5 Å². The maximum absolute atomic E-state index is 11.2. The third-order valence-corrected chi connectivity index (χ3v) is 3.08. The molecule has 4 heteroatoms. The van der Waals surface area contributed by atoms with Crippen LogP contribution in [0.4, 0.5) is 0 Å². The number of hydrogen-bond donors (Lipinski definition) is 1. The molecule has 0 aliphatic carbocycles. The number of primary amides is 1.